The summed E-state index contributed by atoms with van der Waals surface area (Å²) in [5.74, 6) is -0.224. The molecule has 26 heavy (non-hydrogen) atoms. The molecule has 6 nitrogen and oxygen atoms in total. The second-order valence-corrected chi connectivity index (χ2v) is 6.84. The van der Waals surface area contributed by atoms with E-state index in [9.17, 15) is 9.59 Å². The molecule has 1 saturated heterocycles. The van der Waals surface area contributed by atoms with Gasteiger partial charge in [0.2, 0.25) is 5.76 Å². The number of carbonyl (C=O) groups is 2. The van der Waals surface area contributed by atoms with Gasteiger partial charge in [0.15, 0.2) is 6.10 Å². The minimum Gasteiger partial charge on any atom is -0.447 e. The van der Waals surface area contributed by atoms with Crippen molar-refractivity contribution in [2.24, 2.45) is 5.92 Å². The molecule has 1 aromatic heterocycles. The van der Waals surface area contributed by atoms with Crippen LogP contribution < -0.4 is 0 Å². The van der Waals surface area contributed by atoms with Crippen molar-refractivity contribution in [3.8, 4) is 0 Å². The number of rotatable bonds is 5. The molecule has 2 aromatic rings. The van der Waals surface area contributed by atoms with E-state index < -0.39 is 12.1 Å². The molecular weight excluding hydrogens is 332 g/mol. The van der Waals surface area contributed by atoms with Gasteiger partial charge >= 0.3 is 5.97 Å². The van der Waals surface area contributed by atoms with E-state index in [0.717, 1.165) is 19.3 Å². The summed E-state index contributed by atoms with van der Waals surface area (Å²) in [7, 11) is 0. The van der Waals surface area contributed by atoms with Gasteiger partial charge in [-0.2, -0.15) is 0 Å². The van der Waals surface area contributed by atoms with Crippen molar-refractivity contribution in [2.75, 3.05) is 13.1 Å². The van der Waals surface area contributed by atoms with Gasteiger partial charge < -0.3 is 14.2 Å². The first-order valence-electron chi connectivity index (χ1n) is 9.00. The lowest BCUT2D eigenvalue weighted by Crippen LogP contribution is -2.44. The largest absolute Gasteiger partial charge is 0.447 e. The molecule has 1 unspecified atom stereocenters. The van der Waals surface area contributed by atoms with Crippen LogP contribution in [0.4, 0.5) is 0 Å². The average Bonchev–Trinajstić information content (AvgIpc) is 3.09. The number of hydrogen-bond acceptors (Lipinski definition) is 5. The average molecular weight is 356 g/mol. The number of likely N-dealkylation sites (tertiary alicyclic amines) is 1. The normalized spacial score (nSPS) is 16.3. The third-order valence-corrected chi connectivity index (χ3v) is 4.75. The van der Waals surface area contributed by atoms with Crippen LogP contribution in [0.25, 0.3) is 0 Å². The summed E-state index contributed by atoms with van der Waals surface area (Å²) in [6, 6.07) is 11.9. The van der Waals surface area contributed by atoms with Crippen LogP contribution in [0.2, 0.25) is 0 Å². The molecule has 138 valence electrons. The first-order chi connectivity index (χ1) is 12.5. The Morgan fingerprint density at radius 3 is 2.58 bits per heavy atom. The maximum Gasteiger partial charge on any atom is 0.377 e. The predicted molar refractivity (Wildman–Crippen MR) is 95.6 cm³/mol. The van der Waals surface area contributed by atoms with Gasteiger partial charge in [-0.05, 0) is 44.6 Å². The highest BCUT2D eigenvalue weighted by molar-refractivity contribution is 5.90. The SMILES string of the molecule is Cc1cc(C(=O)OC(C)C(=O)N2CCC(Cc3ccccc3)CC2)on1. The van der Waals surface area contributed by atoms with Gasteiger partial charge in [-0.15, -0.1) is 0 Å². The summed E-state index contributed by atoms with van der Waals surface area (Å²) in [4.78, 5) is 26.3. The fourth-order valence-electron chi connectivity index (χ4n) is 3.29. The highest BCUT2D eigenvalue weighted by atomic mass is 16.6. The van der Waals surface area contributed by atoms with Crippen molar-refractivity contribution < 1.29 is 18.8 Å². The molecule has 1 amide bonds. The van der Waals surface area contributed by atoms with E-state index in [0.29, 0.717) is 24.7 Å². The number of esters is 1. The van der Waals surface area contributed by atoms with Crippen LogP contribution in [-0.4, -0.2) is 41.1 Å². The number of carbonyl (C=O) groups excluding carboxylic acids is 2. The third kappa shape index (κ3) is 4.50. The summed E-state index contributed by atoms with van der Waals surface area (Å²) < 4.78 is 10.1. The van der Waals surface area contributed by atoms with Crippen molar-refractivity contribution in [1.29, 1.82) is 0 Å². The van der Waals surface area contributed by atoms with Gasteiger partial charge in [0.05, 0.1) is 5.69 Å². The Morgan fingerprint density at radius 1 is 1.27 bits per heavy atom. The van der Waals surface area contributed by atoms with Gasteiger partial charge in [-0.1, -0.05) is 35.5 Å². The predicted octanol–water partition coefficient (Wildman–Crippen LogP) is 3.01. The van der Waals surface area contributed by atoms with E-state index in [1.807, 2.05) is 6.07 Å². The molecular formula is C20H24N2O4. The minimum absolute atomic E-state index is 0.0173. The fraction of sp³-hybridized carbons (Fsp3) is 0.450. The lowest BCUT2D eigenvalue weighted by molar-refractivity contribution is -0.141. The first-order valence-corrected chi connectivity index (χ1v) is 9.00. The smallest absolute Gasteiger partial charge is 0.377 e. The summed E-state index contributed by atoms with van der Waals surface area (Å²) in [5, 5.41) is 3.65. The zero-order chi connectivity index (χ0) is 18.5. The molecule has 0 bridgehead atoms. The van der Waals surface area contributed by atoms with E-state index >= 15 is 0 Å². The summed E-state index contributed by atoms with van der Waals surface area (Å²) in [6.07, 6.45) is 2.13. The molecule has 2 heterocycles. The molecule has 1 aromatic carbocycles. The molecule has 6 heteroatoms. The fourth-order valence-corrected chi connectivity index (χ4v) is 3.29. The lowest BCUT2D eigenvalue weighted by Gasteiger charge is -2.33. The Bertz CT molecular complexity index is 748. The van der Waals surface area contributed by atoms with Gasteiger partial charge in [0.1, 0.15) is 0 Å². The van der Waals surface area contributed by atoms with E-state index in [1.54, 1.807) is 18.7 Å². The van der Waals surface area contributed by atoms with Crippen LogP contribution in [-0.2, 0) is 16.0 Å². The Kier molecular flexibility index (Phi) is 5.71. The van der Waals surface area contributed by atoms with Crippen LogP contribution in [0.3, 0.4) is 0 Å². The highest BCUT2D eigenvalue weighted by Gasteiger charge is 2.29. The molecule has 0 aliphatic carbocycles. The van der Waals surface area contributed by atoms with Crippen molar-refractivity contribution in [1.82, 2.24) is 10.1 Å². The van der Waals surface area contributed by atoms with E-state index in [-0.39, 0.29) is 11.7 Å². The Morgan fingerprint density at radius 2 is 1.96 bits per heavy atom. The van der Waals surface area contributed by atoms with E-state index in [2.05, 4.69) is 29.4 Å². The maximum atomic E-state index is 12.5. The number of piperidine rings is 1. The minimum atomic E-state index is -0.835. The lowest BCUT2D eigenvalue weighted by atomic mass is 9.90. The van der Waals surface area contributed by atoms with Crippen molar-refractivity contribution in [3.63, 3.8) is 0 Å². The first kappa shape index (κ1) is 18.2. The number of amides is 1. The second-order valence-electron chi connectivity index (χ2n) is 6.84. The van der Waals surface area contributed by atoms with Crippen molar-refractivity contribution in [2.45, 2.75) is 39.2 Å². The highest BCUT2D eigenvalue weighted by Crippen LogP contribution is 2.22. The Hall–Kier alpha value is -2.63. The summed E-state index contributed by atoms with van der Waals surface area (Å²) in [5.41, 5.74) is 1.93. The molecule has 0 saturated carbocycles. The summed E-state index contributed by atoms with van der Waals surface area (Å²) >= 11 is 0. The number of nitrogens with zero attached hydrogens (tertiary/aromatic N) is 2. The number of ether oxygens (including phenoxy) is 1. The molecule has 0 spiro atoms. The number of benzene rings is 1. The molecule has 0 N–H and O–H groups in total. The van der Waals surface area contributed by atoms with Crippen LogP contribution in [0.1, 0.15) is 41.6 Å². The van der Waals surface area contributed by atoms with E-state index in [4.69, 9.17) is 9.26 Å². The molecule has 1 aliphatic heterocycles. The van der Waals surface area contributed by atoms with E-state index in [1.165, 1.54) is 11.6 Å². The van der Waals surface area contributed by atoms with Crippen LogP contribution in [0.15, 0.2) is 40.9 Å². The van der Waals surface area contributed by atoms with Crippen molar-refractivity contribution in [3.05, 3.63) is 53.4 Å². The van der Waals surface area contributed by atoms with Gasteiger partial charge in [0, 0.05) is 19.2 Å². The molecule has 1 atom stereocenters. The van der Waals surface area contributed by atoms with Gasteiger partial charge in [-0.3, -0.25) is 4.79 Å². The number of aromatic nitrogens is 1. The van der Waals surface area contributed by atoms with Gasteiger partial charge in [-0.25, -0.2) is 4.79 Å². The molecule has 1 fully saturated rings. The van der Waals surface area contributed by atoms with Crippen molar-refractivity contribution >= 4 is 11.9 Å². The zero-order valence-corrected chi connectivity index (χ0v) is 15.2. The zero-order valence-electron chi connectivity index (χ0n) is 15.2. The van der Waals surface area contributed by atoms with Crippen LogP contribution in [0, 0.1) is 12.8 Å². The second kappa shape index (κ2) is 8.17. The maximum absolute atomic E-state index is 12.5. The molecule has 0 radical (unpaired) electrons. The van der Waals surface area contributed by atoms with Crippen LogP contribution in [0.5, 0.6) is 0 Å². The quantitative estimate of drug-likeness (QED) is 0.770. The Labute approximate surface area is 153 Å². The topological polar surface area (TPSA) is 72.6 Å². The Balaban J connectivity index is 1.47. The number of aryl methyl sites for hydroxylation is 1. The van der Waals surface area contributed by atoms with Gasteiger partial charge in [0.25, 0.3) is 5.91 Å². The number of hydrogen-bond donors (Lipinski definition) is 0. The molecule has 3 rings (SSSR count). The standard InChI is InChI=1S/C20H24N2O4/c1-14-12-18(26-21-14)20(24)25-15(2)19(23)22-10-8-17(9-11-22)13-16-6-4-3-5-7-16/h3-7,12,15,17H,8-11,13H2,1-2H3. The van der Waals surface area contributed by atoms with Crippen LogP contribution >= 0.6 is 0 Å². The summed E-state index contributed by atoms with van der Waals surface area (Å²) in [6.45, 7) is 4.70. The third-order valence-electron chi connectivity index (χ3n) is 4.75. The molecule has 1 aliphatic rings. The monoisotopic (exact) mass is 356 g/mol.